The SMILES string of the molecule is NC(=O)c1[nH]c(Cc2ccc3c(c2)CCC3=O)nc1-c1ccncc1. The van der Waals surface area contributed by atoms with Crippen LogP contribution >= 0.6 is 0 Å². The van der Waals surface area contributed by atoms with Crippen LogP contribution < -0.4 is 5.73 Å². The zero-order chi connectivity index (χ0) is 17.4. The van der Waals surface area contributed by atoms with Gasteiger partial charge in [0.2, 0.25) is 0 Å². The lowest BCUT2D eigenvalue weighted by Crippen LogP contribution is -2.12. The molecule has 124 valence electrons. The number of pyridine rings is 1. The summed E-state index contributed by atoms with van der Waals surface area (Å²) in [6.07, 6.45) is 5.19. The Kier molecular flexibility index (Phi) is 3.65. The number of ketones is 1. The number of imidazole rings is 1. The molecule has 0 atom stereocenters. The Balaban J connectivity index is 1.68. The van der Waals surface area contributed by atoms with Gasteiger partial charge in [-0.15, -0.1) is 0 Å². The molecule has 0 aliphatic heterocycles. The van der Waals surface area contributed by atoms with E-state index in [9.17, 15) is 9.59 Å². The van der Waals surface area contributed by atoms with E-state index < -0.39 is 5.91 Å². The topological polar surface area (TPSA) is 102 Å². The van der Waals surface area contributed by atoms with E-state index >= 15 is 0 Å². The summed E-state index contributed by atoms with van der Waals surface area (Å²) in [4.78, 5) is 35.1. The monoisotopic (exact) mass is 332 g/mol. The van der Waals surface area contributed by atoms with Crippen molar-refractivity contribution >= 4 is 11.7 Å². The molecule has 0 saturated carbocycles. The molecule has 3 N–H and O–H groups in total. The Morgan fingerprint density at radius 3 is 2.72 bits per heavy atom. The van der Waals surface area contributed by atoms with Crippen molar-refractivity contribution in [3.63, 3.8) is 0 Å². The summed E-state index contributed by atoms with van der Waals surface area (Å²) < 4.78 is 0. The fraction of sp³-hybridized carbons (Fsp3) is 0.158. The Labute approximate surface area is 144 Å². The van der Waals surface area contributed by atoms with Crippen molar-refractivity contribution in [2.24, 2.45) is 5.73 Å². The third-order valence-corrected chi connectivity index (χ3v) is 4.42. The van der Waals surface area contributed by atoms with E-state index in [1.807, 2.05) is 18.2 Å². The normalized spacial score (nSPS) is 13.0. The number of nitrogens with zero attached hydrogens (tertiary/aromatic N) is 2. The van der Waals surface area contributed by atoms with Crippen LogP contribution in [0.3, 0.4) is 0 Å². The van der Waals surface area contributed by atoms with Gasteiger partial charge in [-0.3, -0.25) is 14.6 Å². The van der Waals surface area contributed by atoms with Crippen LogP contribution in [0.25, 0.3) is 11.3 Å². The summed E-state index contributed by atoms with van der Waals surface area (Å²) >= 11 is 0. The molecule has 1 amide bonds. The minimum atomic E-state index is -0.551. The third kappa shape index (κ3) is 2.82. The average molecular weight is 332 g/mol. The summed E-state index contributed by atoms with van der Waals surface area (Å²) in [7, 11) is 0. The maximum Gasteiger partial charge on any atom is 0.267 e. The number of primary amides is 1. The molecule has 1 aliphatic rings. The van der Waals surface area contributed by atoms with Gasteiger partial charge >= 0.3 is 0 Å². The highest BCUT2D eigenvalue weighted by Crippen LogP contribution is 2.25. The molecule has 6 nitrogen and oxygen atoms in total. The minimum absolute atomic E-state index is 0.204. The van der Waals surface area contributed by atoms with Crippen LogP contribution in [0.1, 0.15) is 44.2 Å². The number of hydrogen-bond donors (Lipinski definition) is 2. The molecule has 0 radical (unpaired) electrons. The zero-order valence-electron chi connectivity index (χ0n) is 13.5. The van der Waals surface area contributed by atoms with Gasteiger partial charge in [0.25, 0.3) is 5.91 Å². The predicted molar refractivity (Wildman–Crippen MR) is 92.2 cm³/mol. The van der Waals surface area contributed by atoms with Crippen molar-refractivity contribution in [1.82, 2.24) is 15.0 Å². The molecule has 25 heavy (non-hydrogen) atoms. The first kappa shape index (κ1) is 15.3. The second-order valence-electron chi connectivity index (χ2n) is 6.10. The number of Topliss-reactive ketones (excluding diaryl/α,β-unsaturated/α-hetero) is 1. The highest BCUT2D eigenvalue weighted by Gasteiger charge is 2.20. The van der Waals surface area contributed by atoms with E-state index in [0.29, 0.717) is 24.4 Å². The zero-order valence-corrected chi connectivity index (χ0v) is 13.5. The smallest absolute Gasteiger partial charge is 0.267 e. The van der Waals surface area contributed by atoms with Crippen molar-refractivity contribution in [3.8, 4) is 11.3 Å². The average Bonchev–Trinajstić information content (AvgIpc) is 3.20. The molecular formula is C19H16N4O2. The second kappa shape index (κ2) is 5.98. The summed E-state index contributed by atoms with van der Waals surface area (Å²) in [5.74, 6) is 0.311. The van der Waals surface area contributed by atoms with E-state index in [2.05, 4.69) is 15.0 Å². The summed E-state index contributed by atoms with van der Waals surface area (Å²) in [6.45, 7) is 0. The minimum Gasteiger partial charge on any atom is -0.364 e. The van der Waals surface area contributed by atoms with Crippen molar-refractivity contribution in [2.45, 2.75) is 19.3 Å². The standard InChI is InChI=1S/C19H16N4O2/c20-19(25)18-17(12-5-7-21-8-6-12)22-16(23-18)10-11-1-3-14-13(9-11)2-4-15(14)24/h1,3,5-9H,2,4,10H2,(H2,20,25)(H,22,23). The number of benzene rings is 1. The van der Waals surface area contributed by atoms with Gasteiger partial charge in [-0.05, 0) is 29.7 Å². The number of aromatic nitrogens is 3. The number of carbonyl (C=O) groups excluding carboxylic acids is 2. The van der Waals surface area contributed by atoms with Crippen LogP contribution in [-0.4, -0.2) is 26.6 Å². The molecule has 2 heterocycles. The number of hydrogen-bond acceptors (Lipinski definition) is 4. The van der Waals surface area contributed by atoms with Crippen LogP contribution in [0.2, 0.25) is 0 Å². The van der Waals surface area contributed by atoms with Crippen LogP contribution in [0, 0.1) is 0 Å². The van der Waals surface area contributed by atoms with Crippen molar-refractivity contribution < 1.29 is 9.59 Å². The molecule has 6 heteroatoms. The van der Waals surface area contributed by atoms with Gasteiger partial charge in [-0.2, -0.15) is 0 Å². The van der Waals surface area contributed by atoms with Gasteiger partial charge < -0.3 is 10.7 Å². The van der Waals surface area contributed by atoms with Gasteiger partial charge in [0, 0.05) is 36.4 Å². The van der Waals surface area contributed by atoms with Gasteiger partial charge in [-0.1, -0.05) is 18.2 Å². The third-order valence-electron chi connectivity index (χ3n) is 4.42. The number of rotatable bonds is 4. The van der Waals surface area contributed by atoms with Crippen molar-refractivity contribution in [2.75, 3.05) is 0 Å². The lowest BCUT2D eigenvalue weighted by Gasteiger charge is -2.02. The molecule has 1 aliphatic carbocycles. The fourth-order valence-corrected chi connectivity index (χ4v) is 3.22. The Bertz CT molecular complexity index is 976. The number of H-pyrrole nitrogens is 1. The van der Waals surface area contributed by atoms with Crippen LogP contribution in [0.4, 0.5) is 0 Å². The van der Waals surface area contributed by atoms with E-state index in [0.717, 1.165) is 28.7 Å². The number of nitrogens with one attached hydrogen (secondary N) is 1. The van der Waals surface area contributed by atoms with Crippen molar-refractivity contribution in [1.29, 1.82) is 0 Å². The molecule has 2 aromatic heterocycles. The largest absolute Gasteiger partial charge is 0.364 e. The maximum absolute atomic E-state index is 11.7. The Morgan fingerprint density at radius 1 is 1.16 bits per heavy atom. The van der Waals surface area contributed by atoms with Gasteiger partial charge in [-0.25, -0.2) is 4.98 Å². The molecule has 0 saturated heterocycles. The molecule has 4 rings (SSSR count). The van der Waals surface area contributed by atoms with E-state index in [1.54, 1.807) is 24.5 Å². The molecule has 3 aromatic rings. The van der Waals surface area contributed by atoms with Crippen LogP contribution in [0.15, 0.2) is 42.7 Å². The quantitative estimate of drug-likeness (QED) is 0.765. The van der Waals surface area contributed by atoms with Crippen molar-refractivity contribution in [3.05, 3.63) is 70.9 Å². The summed E-state index contributed by atoms with van der Waals surface area (Å²) in [5.41, 5.74) is 10.0. The van der Waals surface area contributed by atoms with Gasteiger partial charge in [0.05, 0.1) is 0 Å². The molecule has 1 aromatic carbocycles. The number of carbonyl (C=O) groups is 2. The first-order valence-electron chi connectivity index (χ1n) is 8.06. The highest BCUT2D eigenvalue weighted by molar-refractivity contribution is 6.00. The molecular weight excluding hydrogens is 316 g/mol. The summed E-state index contributed by atoms with van der Waals surface area (Å²) in [5, 5.41) is 0. The predicted octanol–water partition coefficient (Wildman–Crippen LogP) is 2.29. The number of fused-ring (bicyclic) bond motifs is 1. The number of aromatic amines is 1. The van der Waals surface area contributed by atoms with E-state index in [1.165, 1.54) is 0 Å². The Morgan fingerprint density at radius 2 is 1.96 bits per heavy atom. The van der Waals surface area contributed by atoms with Gasteiger partial charge in [0.15, 0.2) is 5.78 Å². The number of amides is 1. The lowest BCUT2D eigenvalue weighted by atomic mass is 10.0. The maximum atomic E-state index is 11.7. The van der Waals surface area contributed by atoms with Crippen LogP contribution in [0.5, 0.6) is 0 Å². The molecule has 0 fully saturated rings. The highest BCUT2D eigenvalue weighted by atomic mass is 16.1. The number of aryl methyl sites for hydroxylation is 1. The second-order valence-corrected chi connectivity index (χ2v) is 6.10. The lowest BCUT2D eigenvalue weighted by molar-refractivity contribution is 0.0987. The first-order valence-corrected chi connectivity index (χ1v) is 8.06. The van der Waals surface area contributed by atoms with E-state index in [4.69, 9.17) is 5.73 Å². The first-order chi connectivity index (χ1) is 12.1. The van der Waals surface area contributed by atoms with Crippen LogP contribution in [-0.2, 0) is 12.8 Å². The number of nitrogens with two attached hydrogens (primary N) is 1. The Hall–Kier alpha value is -3.28. The summed E-state index contributed by atoms with van der Waals surface area (Å²) in [6, 6.07) is 9.42. The van der Waals surface area contributed by atoms with E-state index in [-0.39, 0.29) is 11.5 Å². The molecule has 0 bridgehead atoms. The molecule has 0 spiro atoms. The molecule has 0 unspecified atom stereocenters. The van der Waals surface area contributed by atoms with Gasteiger partial charge in [0.1, 0.15) is 17.2 Å². The fourth-order valence-electron chi connectivity index (χ4n) is 3.22.